The number of fused-ring (bicyclic) bond motifs is 1. The van der Waals surface area contributed by atoms with Gasteiger partial charge in [0.05, 0.1) is 25.2 Å². The van der Waals surface area contributed by atoms with Crippen molar-refractivity contribution in [2.24, 2.45) is 0 Å². The van der Waals surface area contributed by atoms with Crippen LogP contribution in [0.3, 0.4) is 0 Å². The van der Waals surface area contributed by atoms with Gasteiger partial charge in [0.15, 0.2) is 0 Å². The van der Waals surface area contributed by atoms with E-state index in [1.54, 1.807) is 6.26 Å². The Labute approximate surface area is 173 Å². The summed E-state index contributed by atoms with van der Waals surface area (Å²) in [5.41, 5.74) is 2.31. The van der Waals surface area contributed by atoms with Gasteiger partial charge < -0.3 is 19.2 Å². The number of ether oxygens (including phenoxy) is 2. The van der Waals surface area contributed by atoms with Crippen LogP contribution in [-0.4, -0.2) is 57.7 Å². The van der Waals surface area contributed by atoms with Gasteiger partial charge in [0.2, 0.25) is 11.5 Å². The zero-order chi connectivity index (χ0) is 19.6. The molecule has 1 N–H and O–H groups in total. The Morgan fingerprint density at radius 2 is 2.00 bits per heavy atom. The second-order valence-electron chi connectivity index (χ2n) is 7.64. The van der Waals surface area contributed by atoms with Crippen molar-refractivity contribution in [3.05, 3.63) is 24.1 Å². The summed E-state index contributed by atoms with van der Waals surface area (Å²) in [6.45, 7) is 5.75. The zero-order valence-corrected chi connectivity index (χ0v) is 17.3. The molecular formula is C20H25N5O3S. The molecule has 5 rings (SSSR count). The Kier molecular flexibility index (Phi) is 5.34. The number of furan rings is 1. The molecule has 0 spiro atoms. The van der Waals surface area contributed by atoms with E-state index in [4.69, 9.17) is 13.9 Å². The van der Waals surface area contributed by atoms with Gasteiger partial charge in [0.1, 0.15) is 16.6 Å². The summed E-state index contributed by atoms with van der Waals surface area (Å²) < 4.78 is 21.7. The largest absolute Gasteiger partial charge is 0.472 e. The zero-order valence-electron chi connectivity index (χ0n) is 16.5. The smallest absolute Gasteiger partial charge is 0.263 e. The van der Waals surface area contributed by atoms with E-state index in [1.165, 1.54) is 11.5 Å². The number of aryl methyl sites for hydroxylation is 1. The van der Waals surface area contributed by atoms with Gasteiger partial charge in [-0.15, -0.1) is 0 Å². The predicted molar refractivity (Wildman–Crippen MR) is 111 cm³/mol. The van der Waals surface area contributed by atoms with Crippen molar-refractivity contribution in [1.82, 2.24) is 19.2 Å². The summed E-state index contributed by atoms with van der Waals surface area (Å²) in [7, 11) is 0. The minimum atomic E-state index is 0.147. The van der Waals surface area contributed by atoms with Gasteiger partial charge in [0, 0.05) is 25.2 Å². The predicted octanol–water partition coefficient (Wildman–Crippen LogP) is 3.75. The van der Waals surface area contributed by atoms with Crippen LogP contribution >= 0.6 is 11.5 Å². The van der Waals surface area contributed by atoms with E-state index in [9.17, 15) is 0 Å². The second-order valence-corrected chi connectivity index (χ2v) is 8.45. The maximum Gasteiger partial charge on any atom is 0.263 e. The lowest BCUT2D eigenvalue weighted by Gasteiger charge is -2.38. The van der Waals surface area contributed by atoms with Gasteiger partial charge >= 0.3 is 0 Å². The van der Waals surface area contributed by atoms with Crippen molar-refractivity contribution < 1.29 is 13.9 Å². The average molecular weight is 416 g/mol. The topological polar surface area (TPSA) is 85.5 Å². The summed E-state index contributed by atoms with van der Waals surface area (Å²) in [5.74, 6) is 1.01. The van der Waals surface area contributed by atoms with E-state index in [1.807, 2.05) is 19.1 Å². The van der Waals surface area contributed by atoms with Crippen molar-refractivity contribution in [2.75, 3.05) is 31.6 Å². The summed E-state index contributed by atoms with van der Waals surface area (Å²) in [6.07, 6.45) is 6.09. The molecule has 154 valence electrons. The van der Waals surface area contributed by atoms with Gasteiger partial charge in [0.25, 0.3) is 5.88 Å². The molecule has 1 saturated heterocycles. The molecule has 3 aromatic rings. The molecule has 8 nitrogen and oxygen atoms in total. The molecule has 0 atom stereocenters. The fraction of sp³-hybridized carbons (Fsp3) is 0.550. The Balaban J connectivity index is 1.28. The van der Waals surface area contributed by atoms with Crippen LogP contribution in [0.1, 0.15) is 31.4 Å². The molecule has 0 radical (unpaired) electrons. The number of hydrogen-bond acceptors (Lipinski definition) is 9. The number of morpholine rings is 1. The third-order valence-corrected chi connectivity index (χ3v) is 6.42. The molecule has 0 bridgehead atoms. The number of anilines is 2. The van der Waals surface area contributed by atoms with Crippen LogP contribution in [0.25, 0.3) is 11.1 Å². The highest BCUT2D eigenvalue weighted by Gasteiger charge is 2.28. The Morgan fingerprint density at radius 3 is 2.76 bits per heavy atom. The highest BCUT2D eigenvalue weighted by Crippen LogP contribution is 2.31. The molecule has 0 aromatic carbocycles. The highest BCUT2D eigenvalue weighted by molar-refractivity contribution is 7.10. The minimum Gasteiger partial charge on any atom is -0.472 e. The van der Waals surface area contributed by atoms with Gasteiger partial charge in [-0.3, -0.25) is 4.90 Å². The molecule has 9 heteroatoms. The third-order valence-electron chi connectivity index (χ3n) is 5.62. The van der Waals surface area contributed by atoms with Crippen LogP contribution in [0.4, 0.5) is 10.9 Å². The standard InChI is InChI=1S/C20H25N5O3S/c1-13-12-17(29-24-13)22-20-21-16-6-9-27-18(16)19(23-20)28-15-4-2-14(3-5-15)25-7-10-26-11-8-25/h6,9,12,14-15H,2-5,7-8,10-11H2,1H3,(H,21,22,23). The van der Waals surface area contributed by atoms with E-state index < -0.39 is 0 Å². The third kappa shape index (κ3) is 4.22. The van der Waals surface area contributed by atoms with Crippen molar-refractivity contribution in [3.63, 3.8) is 0 Å². The number of aromatic nitrogens is 3. The van der Waals surface area contributed by atoms with Crippen molar-refractivity contribution >= 4 is 33.6 Å². The fourth-order valence-electron chi connectivity index (χ4n) is 4.13. The Hall–Kier alpha value is -2.23. The lowest BCUT2D eigenvalue weighted by molar-refractivity contribution is -0.00132. The van der Waals surface area contributed by atoms with Crippen LogP contribution in [0.15, 0.2) is 22.8 Å². The molecule has 29 heavy (non-hydrogen) atoms. The van der Waals surface area contributed by atoms with E-state index >= 15 is 0 Å². The van der Waals surface area contributed by atoms with Crippen LogP contribution < -0.4 is 10.1 Å². The van der Waals surface area contributed by atoms with Crippen LogP contribution in [-0.2, 0) is 4.74 Å². The number of rotatable bonds is 5. The number of hydrogen-bond donors (Lipinski definition) is 1. The van der Waals surface area contributed by atoms with Crippen molar-refractivity contribution in [2.45, 2.75) is 44.8 Å². The SMILES string of the molecule is Cc1cc(Nc2nc(OC3CCC(N4CCOCC4)CC3)c3occc3n2)sn1. The first kappa shape index (κ1) is 18.8. The molecule has 1 aliphatic heterocycles. The first-order chi connectivity index (χ1) is 14.2. The van der Waals surface area contributed by atoms with E-state index in [0.717, 1.165) is 68.2 Å². The normalized spacial score (nSPS) is 23.3. The lowest BCUT2D eigenvalue weighted by Crippen LogP contribution is -2.46. The van der Waals surface area contributed by atoms with Gasteiger partial charge in [-0.1, -0.05) is 0 Å². The number of nitrogens with one attached hydrogen (secondary N) is 1. The first-order valence-corrected chi connectivity index (χ1v) is 11.0. The Bertz CT molecular complexity index is 960. The van der Waals surface area contributed by atoms with E-state index in [0.29, 0.717) is 23.5 Å². The van der Waals surface area contributed by atoms with Gasteiger partial charge in [-0.05, 0) is 50.2 Å². The first-order valence-electron chi connectivity index (χ1n) is 10.2. The summed E-state index contributed by atoms with van der Waals surface area (Å²) in [5, 5.41) is 4.13. The highest BCUT2D eigenvalue weighted by atomic mass is 32.1. The quantitative estimate of drug-likeness (QED) is 0.674. The summed E-state index contributed by atoms with van der Waals surface area (Å²) in [4.78, 5) is 11.7. The molecule has 3 aromatic heterocycles. The monoisotopic (exact) mass is 415 g/mol. The Morgan fingerprint density at radius 1 is 1.17 bits per heavy atom. The maximum atomic E-state index is 6.31. The average Bonchev–Trinajstić information content (AvgIpc) is 3.38. The van der Waals surface area contributed by atoms with E-state index in [2.05, 4.69) is 24.6 Å². The molecular weight excluding hydrogens is 390 g/mol. The molecule has 2 aliphatic rings. The molecule has 0 amide bonds. The summed E-state index contributed by atoms with van der Waals surface area (Å²) >= 11 is 1.39. The molecule has 4 heterocycles. The molecule has 2 fully saturated rings. The van der Waals surface area contributed by atoms with Gasteiger partial charge in [-0.2, -0.15) is 9.36 Å². The van der Waals surface area contributed by atoms with Crippen LogP contribution in [0.5, 0.6) is 5.88 Å². The lowest BCUT2D eigenvalue weighted by atomic mass is 9.91. The van der Waals surface area contributed by atoms with Gasteiger partial charge in [-0.25, -0.2) is 4.98 Å². The molecule has 1 aliphatic carbocycles. The fourth-order valence-corrected chi connectivity index (χ4v) is 4.79. The van der Waals surface area contributed by atoms with Crippen molar-refractivity contribution in [1.29, 1.82) is 0 Å². The molecule has 0 unspecified atom stereocenters. The van der Waals surface area contributed by atoms with Crippen LogP contribution in [0, 0.1) is 6.92 Å². The van der Waals surface area contributed by atoms with Crippen molar-refractivity contribution in [3.8, 4) is 5.88 Å². The summed E-state index contributed by atoms with van der Waals surface area (Å²) in [6, 6.07) is 4.45. The van der Waals surface area contributed by atoms with E-state index in [-0.39, 0.29) is 6.10 Å². The second kappa shape index (κ2) is 8.25. The van der Waals surface area contributed by atoms with Crippen LogP contribution in [0.2, 0.25) is 0 Å². The maximum absolute atomic E-state index is 6.31. The number of nitrogens with zero attached hydrogens (tertiary/aromatic N) is 4. The molecule has 1 saturated carbocycles. The minimum absolute atomic E-state index is 0.147.